The molecule has 0 spiro atoms. The summed E-state index contributed by atoms with van der Waals surface area (Å²) < 4.78 is 2.34. The van der Waals surface area contributed by atoms with Gasteiger partial charge in [-0.3, -0.25) is 9.59 Å². The Labute approximate surface area is 138 Å². The number of anilines is 1. The van der Waals surface area contributed by atoms with E-state index < -0.39 is 0 Å². The number of nitrogens with zero attached hydrogens (tertiary/aromatic N) is 1. The monoisotopic (exact) mass is 362 g/mol. The fraction of sp³-hybridized carbons (Fsp3) is 0.294. The van der Waals surface area contributed by atoms with Crippen LogP contribution in [0.5, 0.6) is 0 Å². The van der Waals surface area contributed by atoms with Crippen molar-refractivity contribution >= 4 is 27.5 Å². The minimum absolute atomic E-state index is 0.107. The molecule has 1 amide bonds. The summed E-state index contributed by atoms with van der Waals surface area (Å²) >= 11 is 3.32. The number of aromatic nitrogens is 1. The smallest absolute Gasteiger partial charge is 0.250 e. The number of nitrogens with one attached hydrogen (secondary N) is 1. The third-order valence-corrected chi connectivity index (χ3v) is 3.86. The molecule has 1 aromatic heterocycles. The van der Waals surface area contributed by atoms with Crippen LogP contribution in [-0.4, -0.2) is 10.5 Å². The van der Waals surface area contributed by atoms with Gasteiger partial charge in [-0.05, 0) is 45.6 Å². The third kappa shape index (κ3) is 4.56. The number of halogens is 1. The molecule has 0 aliphatic rings. The van der Waals surface area contributed by atoms with Gasteiger partial charge in [0.2, 0.25) is 5.91 Å². The Bertz CT molecular complexity index is 705. The van der Waals surface area contributed by atoms with Gasteiger partial charge in [-0.15, -0.1) is 0 Å². The van der Waals surface area contributed by atoms with Gasteiger partial charge in [0.25, 0.3) is 5.56 Å². The summed E-state index contributed by atoms with van der Waals surface area (Å²) in [4.78, 5) is 23.6. The van der Waals surface area contributed by atoms with Gasteiger partial charge < -0.3 is 9.88 Å². The van der Waals surface area contributed by atoms with Crippen LogP contribution in [0.4, 0.5) is 5.69 Å². The van der Waals surface area contributed by atoms with E-state index in [1.807, 2.05) is 24.3 Å². The lowest BCUT2D eigenvalue weighted by atomic mass is 10.0. The third-order valence-electron chi connectivity index (χ3n) is 3.39. The summed E-state index contributed by atoms with van der Waals surface area (Å²) in [5.74, 6) is 0.359. The van der Waals surface area contributed by atoms with Crippen LogP contribution >= 0.6 is 15.9 Å². The van der Waals surface area contributed by atoms with Crippen molar-refractivity contribution in [1.29, 1.82) is 0 Å². The normalized spacial score (nSPS) is 10.7. The molecule has 1 N–H and O–H groups in total. The molecule has 22 heavy (non-hydrogen) atoms. The first-order chi connectivity index (χ1) is 10.5. The number of carbonyl (C=O) groups excluding carboxylic acids is 1. The van der Waals surface area contributed by atoms with Crippen LogP contribution in [0.2, 0.25) is 0 Å². The van der Waals surface area contributed by atoms with Crippen molar-refractivity contribution in [3.8, 4) is 0 Å². The van der Waals surface area contributed by atoms with E-state index in [1.54, 1.807) is 12.3 Å². The highest BCUT2D eigenvalue weighted by Crippen LogP contribution is 2.17. The Morgan fingerprint density at radius 3 is 2.50 bits per heavy atom. The number of hydrogen-bond donors (Lipinski definition) is 1. The van der Waals surface area contributed by atoms with Gasteiger partial charge >= 0.3 is 0 Å². The van der Waals surface area contributed by atoms with Crippen molar-refractivity contribution < 1.29 is 4.79 Å². The summed E-state index contributed by atoms with van der Waals surface area (Å²) in [5.41, 5.74) is 1.90. The lowest BCUT2D eigenvalue weighted by molar-refractivity contribution is -0.116. The summed E-state index contributed by atoms with van der Waals surface area (Å²) in [7, 11) is 0. The number of carbonyl (C=O) groups is 1. The minimum Gasteiger partial charge on any atom is -0.326 e. The maximum atomic E-state index is 12.0. The van der Waals surface area contributed by atoms with E-state index in [0.717, 1.165) is 10.2 Å². The largest absolute Gasteiger partial charge is 0.326 e. The number of benzene rings is 1. The number of hydrogen-bond acceptors (Lipinski definition) is 2. The SMILES string of the molecule is CC(C)c1ccc(NC(=O)CCn2cc(Br)ccc2=O)cc1. The standard InChI is InChI=1S/C17H19BrN2O2/c1-12(2)13-3-6-15(7-4-13)19-16(21)9-10-20-11-14(18)5-8-17(20)22/h3-8,11-12H,9-10H2,1-2H3,(H,19,21). The second-order valence-corrected chi connectivity index (χ2v) is 6.37. The highest BCUT2D eigenvalue weighted by molar-refractivity contribution is 9.10. The van der Waals surface area contributed by atoms with Crippen molar-refractivity contribution in [2.45, 2.75) is 32.7 Å². The molecule has 0 radical (unpaired) electrons. The quantitative estimate of drug-likeness (QED) is 0.879. The Morgan fingerprint density at radius 2 is 1.86 bits per heavy atom. The van der Waals surface area contributed by atoms with E-state index in [-0.39, 0.29) is 17.9 Å². The molecule has 1 aromatic carbocycles. The second kappa shape index (κ2) is 7.40. The van der Waals surface area contributed by atoms with Crippen LogP contribution in [0.25, 0.3) is 0 Å². The zero-order valence-corrected chi connectivity index (χ0v) is 14.3. The van der Waals surface area contributed by atoms with E-state index in [9.17, 15) is 9.59 Å². The highest BCUT2D eigenvalue weighted by Gasteiger charge is 2.05. The summed E-state index contributed by atoms with van der Waals surface area (Å²) in [6.45, 7) is 4.61. The van der Waals surface area contributed by atoms with E-state index >= 15 is 0 Å². The molecule has 0 atom stereocenters. The second-order valence-electron chi connectivity index (χ2n) is 5.45. The Balaban J connectivity index is 1.93. The fourth-order valence-electron chi connectivity index (χ4n) is 2.07. The van der Waals surface area contributed by atoms with Crippen molar-refractivity contribution in [3.63, 3.8) is 0 Å². The van der Waals surface area contributed by atoms with E-state index in [1.165, 1.54) is 16.2 Å². The van der Waals surface area contributed by atoms with Crippen LogP contribution in [0.15, 0.2) is 51.9 Å². The molecule has 0 bridgehead atoms. The first kappa shape index (κ1) is 16.5. The number of amides is 1. The molecule has 2 rings (SSSR count). The molecule has 0 saturated carbocycles. The lowest BCUT2D eigenvalue weighted by Gasteiger charge is -2.09. The molecule has 0 aliphatic carbocycles. The summed E-state index contributed by atoms with van der Waals surface area (Å²) in [6.07, 6.45) is 1.94. The molecule has 4 nitrogen and oxygen atoms in total. The number of rotatable bonds is 5. The predicted molar refractivity (Wildman–Crippen MR) is 92.2 cm³/mol. The molecular weight excluding hydrogens is 344 g/mol. The molecule has 1 heterocycles. The van der Waals surface area contributed by atoms with Gasteiger partial charge in [-0.1, -0.05) is 26.0 Å². The van der Waals surface area contributed by atoms with Gasteiger partial charge in [0.05, 0.1) is 0 Å². The van der Waals surface area contributed by atoms with E-state index in [2.05, 4.69) is 35.1 Å². The number of aryl methyl sites for hydroxylation is 1. The van der Waals surface area contributed by atoms with Gasteiger partial charge in [-0.25, -0.2) is 0 Å². The highest BCUT2D eigenvalue weighted by atomic mass is 79.9. The molecule has 0 fully saturated rings. The summed E-state index contributed by atoms with van der Waals surface area (Å²) in [5, 5.41) is 2.85. The van der Waals surface area contributed by atoms with Crippen LogP contribution in [0.3, 0.4) is 0 Å². The van der Waals surface area contributed by atoms with Crippen molar-refractivity contribution in [2.24, 2.45) is 0 Å². The topological polar surface area (TPSA) is 51.1 Å². The van der Waals surface area contributed by atoms with Crippen molar-refractivity contribution in [1.82, 2.24) is 4.57 Å². The first-order valence-corrected chi connectivity index (χ1v) is 8.01. The first-order valence-electron chi connectivity index (χ1n) is 7.21. The molecule has 116 valence electrons. The molecule has 5 heteroatoms. The van der Waals surface area contributed by atoms with E-state index in [4.69, 9.17) is 0 Å². The Kier molecular flexibility index (Phi) is 5.55. The van der Waals surface area contributed by atoms with Crippen LogP contribution in [0, 0.1) is 0 Å². The van der Waals surface area contributed by atoms with Crippen molar-refractivity contribution in [3.05, 3.63) is 63.0 Å². The van der Waals surface area contributed by atoms with Gasteiger partial charge in [0.1, 0.15) is 0 Å². The molecule has 0 unspecified atom stereocenters. The Hall–Kier alpha value is -1.88. The lowest BCUT2D eigenvalue weighted by Crippen LogP contribution is -2.22. The van der Waals surface area contributed by atoms with Gasteiger partial charge in [0, 0.05) is 35.4 Å². The fourth-order valence-corrected chi connectivity index (χ4v) is 2.45. The average molecular weight is 363 g/mol. The average Bonchev–Trinajstić information content (AvgIpc) is 2.49. The summed E-state index contributed by atoms with van der Waals surface area (Å²) in [6, 6.07) is 11.0. The maximum absolute atomic E-state index is 12.0. The number of pyridine rings is 1. The molecule has 2 aromatic rings. The van der Waals surface area contributed by atoms with Crippen LogP contribution in [-0.2, 0) is 11.3 Å². The maximum Gasteiger partial charge on any atom is 0.250 e. The van der Waals surface area contributed by atoms with E-state index in [0.29, 0.717) is 12.5 Å². The van der Waals surface area contributed by atoms with Crippen LogP contribution in [0.1, 0.15) is 31.7 Å². The van der Waals surface area contributed by atoms with Gasteiger partial charge in [0.15, 0.2) is 0 Å². The zero-order valence-electron chi connectivity index (χ0n) is 12.7. The Morgan fingerprint density at radius 1 is 1.18 bits per heavy atom. The predicted octanol–water partition coefficient (Wildman–Crippen LogP) is 3.76. The van der Waals surface area contributed by atoms with Gasteiger partial charge in [-0.2, -0.15) is 0 Å². The molecule has 0 saturated heterocycles. The van der Waals surface area contributed by atoms with Crippen molar-refractivity contribution in [2.75, 3.05) is 5.32 Å². The minimum atomic E-state index is -0.114. The van der Waals surface area contributed by atoms with Crippen LogP contribution < -0.4 is 10.9 Å². The zero-order chi connectivity index (χ0) is 16.1. The molecular formula is C17H19BrN2O2. The molecule has 0 aliphatic heterocycles.